The highest BCUT2D eigenvalue weighted by Gasteiger charge is 2.57. The Morgan fingerprint density at radius 2 is 1.96 bits per heavy atom. The number of alkyl halides is 3. The Hall–Kier alpha value is -4.43. The van der Waals surface area contributed by atoms with Crippen molar-refractivity contribution < 1.29 is 41.7 Å². The molecule has 0 bridgehead atoms. The average molecular weight is 650 g/mol. The van der Waals surface area contributed by atoms with Crippen LogP contribution in [0.15, 0.2) is 42.6 Å². The summed E-state index contributed by atoms with van der Waals surface area (Å²) in [6, 6.07) is 7.36. The van der Waals surface area contributed by atoms with Gasteiger partial charge < -0.3 is 25.6 Å². The smallest absolute Gasteiger partial charge is 0.424 e. The molecule has 0 saturated heterocycles. The van der Waals surface area contributed by atoms with Crippen molar-refractivity contribution in [1.82, 2.24) is 20.1 Å². The standard InChI is InChI=1S/C30H28ClF4N5O5/c1-3-45-27-15(12-23(36)41)11-22(38-26(27)24-19(31)5-4-6-20(24)32)29(43,30(33,34)35)14-37-28(42)16-9-17-13-40(18-7-8-18)39-25(17)21(10-16)44-2/h4-6,9-11,13,18,43H,3,7-8,12,14H2,1-2H3,(H2,36,41)(H,37,42)/t29-/m0/s1. The van der Waals surface area contributed by atoms with Gasteiger partial charge in [-0.15, -0.1) is 0 Å². The van der Waals surface area contributed by atoms with E-state index in [1.54, 1.807) is 17.8 Å². The summed E-state index contributed by atoms with van der Waals surface area (Å²) in [4.78, 5) is 29.1. The molecule has 238 valence electrons. The number of fused-ring (bicyclic) bond motifs is 1. The lowest BCUT2D eigenvalue weighted by Gasteiger charge is -2.31. The van der Waals surface area contributed by atoms with Crippen molar-refractivity contribution in [2.24, 2.45) is 5.73 Å². The van der Waals surface area contributed by atoms with Crippen LogP contribution in [0.4, 0.5) is 17.6 Å². The van der Waals surface area contributed by atoms with Gasteiger partial charge in [-0.25, -0.2) is 9.37 Å². The molecule has 2 amide bonds. The molecular formula is C30H28ClF4N5O5. The fraction of sp³-hybridized carbons (Fsp3) is 0.333. The van der Waals surface area contributed by atoms with E-state index >= 15 is 4.39 Å². The minimum atomic E-state index is -5.42. The first-order valence-corrected chi connectivity index (χ1v) is 14.2. The van der Waals surface area contributed by atoms with E-state index in [2.05, 4.69) is 15.4 Å². The normalized spacial score (nSPS) is 14.7. The second kappa shape index (κ2) is 12.2. The van der Waals surface area contributed by atoms with Gasteiger partial charge in [0, 0.05) is 22.7 Å². The number of nitrogens with zero attached hydrogens (tertiary/aromatic N) is 3. The van der Waals surface area contributed by atoms with Crippen LogP contribution in [0.1, 0.15) is 47.4 Å². The lowest BCUT2D eigenvalue weighted by molar-refractivity contribution is -0.265. The highest BCUT2D eigenvalue weighted by atomic mass is 35.5. The number of nitrogens with two attached hydrogens (primary N) is 1. The van der Waals surface area contributed by atoms with E-state index in [0.29, 0.717) is 10.9 Å². The number of hydrogen-bond acceptors (Lipinski definition) is 7. The number of ether oxygens (including phenoxy) is 2. The molecule has 1 saturated carbocycles. The molecule has 0 radical (unpaired) electrons. The summed E-state index contributed by atoms with van der Waals surface area (Å²) in [6.07, 6.45) is -2.44. The summed E-state index contributed by atoms with van der Waals surface area (Å²) < 4.78 is 71.8. The van der Waals surface area contributed by atoms with E-state index in [9.17, 15) is 27.9 Å². The van der Waals surface area contributed by atoms with Crippen LogP contribution in [0.2, 0.25) is 5.02 Å². The number of nitrogens with one attached hydrogen (secondary N) is 1. The molecule has 15 heteroatoms. The Labute approximate surface area is 259 Å². The van der Waals surface area contributed by atoms with Crippen LogP contribution in [0.5, 0.6) is 11.5 Å². The van der Waals surface area contributed by atoms with Crippen LogP contribution in [-0.4, -0.2) is 58.1 Å². The molecule has 1 aliphatic rings. The van der Waals surface area contributed by atoms with Crippen molar-refractivity contribution in [3.63, 3.8) is 0 Å². The molecule has 0 spiro atoms. The van der Waals surface area contributed by atoms with Gasteiger partial charge in [0.25, 0.3) is 5.91 Å². The zero-order valence-electron chi connectivity index (χ0n) is 24.0. The summed E-state index contributed by atoms with van der Waals surface area (Å²) in [6.45, 7) is 0.108. The molecule has 0 aliphatic heterocycles. The fourth-order valence-electron chi connectivity index (χ4n) is 4.90. The van der Waals surface area contributed by atoms with Crippen molar-refractivity contribution in [2.75, 3.05) is 20.3 Å². The van der Waals surface area contributed by atoms with E-state index in [4.69, 9.17) is 26.8 Å². The zero-order valence-corrected chi connectivity index (χ0v) is 24.8. The average Bonchev–Trinajstić information content (AvgIpc) is 3.73. The van der Waals surface area contributed by atoms with Crippen LogP contribution in [0.25, 0.3) is 22.2 Å². The lowest BCUT2D eigenvalue weighted by atomic mass is 9.93. The maximum absolute atomic E-state index is 15.0. The Morgan fingerprint density at radius 1 is 1.22 bits per heavy atom. The quantitative estimate of drug-likeness (QED) is 0.198. The van der Waals surface area contributed by atoms with Gasteiger partial charge in [0.1, 0.15) is 28.5 Å². The van der Waals surface area contributed by atoms with E-state index in [1.165, 1.54) is 31.4 Å². The summed E-state index contributed by atoms with van der Waals surface area (Å²) >= 11 is 6.22. The van der Waals surface area contributed by atoms with Gasteiger partial charge in [-0.3, -0.25) is 14.3 Å². The van der Waals surface area contributed by atoms with Gasteiger partial charge in [0.2, 0.25) is 11.5 Å². The summed E-state index contributed by atoms with van der Waals surface area (Å²) in [5.74, 6) is -2.86. The van der Waals surface area contributed by atoms with Crippen LogP contribution < -0.4 is 20.5 Å². The largest absolute Gasteiger partial charge is 0.494 e. The first-order chi connectivity index (χ1) is 21.3. The van der Waals surface area contributed by atoms with Crippen molar-refractivity contribution in [3.8, 4) is 22.8 Å². The lowest BCUT2D eigenvalue weighted by Crippen LogP contribution is -2.51. The predicted octanol–water partition coefficient (Wildman–Crippen LogP) is 4.84. The molecule has 2 aromatic heterocycles. The molecule has 0 unspecified atom stereocenters. The number of rotatable bonds is 11. The van der Waals surface area contributed by atoms with Gasteiger partial charge in [-0.2, -0.15) is 18.3 Å². The van der Waals surface area contributed by atoms with E-state index in [-0.39, 0.29) is 40.3 Å². The highest BCUT2D eigenvalue weighted by Crippen LogP contribution is 2.44. The second-order valence-electron chi connectivity index (χ2n) is 10.5. The Balaban J connectivity index is 1.58. The number of aliphatic hydroxyl groups is 1. The topological polar surface area (TPSA) is 142 Å². The first-order valence-electron chi connectivity index (χ1n) is 13.8. The summed E-state index contributed by atoms with van der Waals surface area (Å²) in [5, 5.41) is 18.2. The minimum absolute atomic E-state index is 0.0428. The maximum Gasteiger partial charge on any atom is 0.424 e. The van der Waals surface area contributed by atoms with Gasteiger partial charge in [-0.1, -0.05) is 17.7 Å². The third-order valence-electron chi connectivity index (χ3n) is 7.29. The monoisotopic (exact) mass is 649 g/mol. The third-order valence-corrected chi connectivity index (χ3v) is 7.61. The zero-order chi connectivity index (χ0) is 32.7. The second-order valence-corrected chi connectivity index (χ2v) is 10.9. The third kappa shape index (κ3) is 6.25. The van der Waals surface area contributed by atoms with E-state index in [0.717, 1.165) is 25.0 Å². The molecule has 2 aromatic carbocycles. The van der Waals surface area contributed by atoms with Crippen molar-refractivity contribution in [3.05, 3.63) is 70.3 Å². The van der Waals surface area contributed by atoms with Crippen molar-refractivity contribution in [2.45, 2.75) is 44.0 Å². The van der Waals surface area contributed by atoms with Crippen molar-refractivity contribution >= 4 is 34.3 Å². The molecular weight excluding hydrogens is 622 g/mol. The fourth-order valence-corrected chi connectivity index (χ4v) is 5.15. The Morgan fingerprint density at radius 3 is 2.56 bits per heavy atom. The van der Waals surface area contributed by atoms with E-state index < -0.39 is 59.3 Å². The van der Waals surface area contributed by atoms with Gasteiger partial charge in [0.05, 0.1) is 49.0 Å². The van der Waals surface area contributed by atoms with Crippen LogP contribution >= 0.6 is 11.6 Å². The number of pyridine rings is 1. The number of hydrogen-bond donors (Lipinski definition) is 3. The molecule has 5 rings (SSSR count). The molecule has 45 heavy (non-hydrogen) atoms. The number of halogens is 5. The first kappa shape index (κ1) is 32.0. The molecule has 1 fully saturated rings. The molecule has 4 N–H and O–H groups in total. The number of primary amides is 1. The molecule has 2 heterocycles. The Kier molecular flexibility index (Phi) is 8.64. The Bertz CT molecular complexity index is 1770. The van der Waals surface area contributed by atoms with Crippen molar-refractivity contribution in [1.29, 1.82) is 0 Å². The van der Waals surface area contributed by atoms with Crippen LogP contribution in [0, 0.1) is 5.82 Å². The number of benzene rings is 2. The predicted molar refractivity (Wildman–Crippen MR) is 156 cm³/mol. The highest BCUT2D eigenvalue weighted by molar-refractivity contribution is 6.33. The molecule has 4 aromatic rings. The van der Waals surface area contributed by atoms with Gasteiger partial charge >= 0.3 is 6.18 Å². The summed E-state index contributed by atoms with van der Waals surface area (Å²) in [5.41, 5.74) is -0.210. The van der Waals surface area contributed by atoms with Gasteiger partial charge in [0.15, 0.2) is 0 Å². The minimum Gasteiger partial charge on any atom is -0.494 e. The number of amides is 2. The number of aromatic nitrogens is 3. The van der Waals surface area contributed by atoms with E-state index in [1.807, 2.05) is 0 Å². The number of carbonyl (C=O) groups is 2. The van der Waals surface area contributed by atoms with Gasteiger partial charge in [-0.05, 0) is 50.1 Å². The van der Waals surface area contributed by atoms with Crippen LogP contribution in [0.3, 0.4) is 0 Å². The molecule has 1 aliphatic carbocycles. The number of carbonyl (C=O) groups excluding carboxylic acids is 2. The molecule has 1 atom stereocenters. The maximum atomic E-state index is 15.0. The molecule has 10 nitrogen and oxygen atoms in total. The summed E-state index contributed by atoms with van der Waals surface area (Å²) in [7, 11) is 1.37. The SMILES string of the molecule is CCOc1c(CC(N)=O)cc([C@@](O)(CNC(=O)c2cc(OC)c3nn(C4CC4)cc3c2)C(F)(F)F)nc1-c1c(F)cccc1Cl. The van der Waals surface area contributed by atoms with Crippen LogP contribution in [-0.2, 0) is 16.8 Å². The number of methoxy groups -OCH3 is 1.